The van der Waals surface area contributed by atoms with Crippen LogP contribution in [-0.4, -0.2) is 19.7 Å². The quantitative estimate of drug-likeness (QED) is 0.790. The molecule has 1 aliphatic rings. The highest BCUT2D eigenvalue weighted by molar-refractivity contribution is 5.24. The highest BCUT2D eigenvalue weighted by Gasteiger charge is 2.12. The maximum Gasteiger partial charge on any atom is 0.0719 e. The SMILES string of the molecule is Cc1ccccc1COCC[C@@H]1CCCNC1. The summed E-state index contributed by atoms with van der Waals surface area (Å²) in [5, 5.41) is 3.45. The molecule has 0 aromatic heterocycles. The zero-order valence-electron chi connectivity index (χ0n) is 10.7. The first-order valence-corrected chi connectivity index (χ1v) is 6.69. The van der Waals surface area contributed by atoms with Crippen LogP contribution in [0.5, 0.6) is 0 Å². The molecule has 1 aliphatic heterocycles. The molecule has 0 radical (unpaired) electrons. The summed E-state index contributed by atoms with van der Waals surface area (Å²) in [6.45, 7) is 6.16. The van der Waals surface area contributed by atoms with Gasteiger partial charge in [0.15, 0.2) is 0 Å². The Morgan fingerprint density at radius 3 is 3.00 bits per heavy atom. The van der Waals surface area contributed by atoms with Crippen molar-refractivity contribution in [1.29, 1.82) is 0 Å². The summed E-state index contributed by atoms with van der Waals surface area (Å²) >= 11 is 0. The van der Waals surface area contributed by atoms with Crippen LogP contribution in [0.1, 0.15) is 30.4 Å². The number of rotatable bonds is 5. The van der Waals surface area contributed by atoms with Gasteiger partial charge in [0.25, 0.3) is 0 Å². The lowest BCUT2D eigenvalue weighted by atomic mass is 9.97. The molecule has 1 aromatic rings. The van der Waals surface area contributed by atoms with Crippen LogP contribution in [0.25, 0.3) is 0 Å². The fourth-order valence-electron chi connectivity index (χ4n) is 2.37. The van der Waals surface area contributed by atoms with Gasteiger partial charge in [0.2, 0.25) is 0 Å². The van der Waals surface area contributed by atoms with Crippen LogP contribution in [-0.2, 0) is 11.3 Å². The van der Waals surface area contributed by atoms with E-state index in [-0.39, 0.29) is 0 Å². The molecule has 0 unspecified atom stereocenters. The minimum Gasteiger partial charge on any atom is -0.377 e. The topological polar surface area (TPSA) is 21.3 Å². The van der Waals surface area contributed by atoms with Gasteiger partial charge in [-0.1, -0.05) is 24.3 Å². The molecule has 1 saturated heterocycles. The summed E-state index contributed by atoms with van der Waals surface area (Å²) in [4.78, 5) is 0. The van der Waals surface area contributed by atoms with Crippen molar-refractivity contribution < 1.29 is 4.74 Å². The number of hydrogen-bond donors (Lipinski definition) is 1. The number of hydrogen-bond acceptors (Lipinski definition) is 2. The molecule has 94 valence electrons. The van der Waals surface area contributed by atoms with Crippen LogP contribution in [0.2, 0.25) is 0 Å². The molecule has 0 bridgehead atoms. The summed E-state index contributed by atoms with van der Waals surface area (Å²) in [5.74, 6) is 0.820. The van der Waals surface area contributed by atoms with E-state index in [1.165, 1.54) is 43.5 Å². The molecule has 1 aromatic carbocycles. The Balaban J connectivity index is 1.64. The van der Waals surface area contributed by atoms with E-state index in [9.17, 15) is 0 Å². The van der Waals surface area contributed by atoms with Crippen molar-refractivity contribution in [3.63, 3.8) is 0 Å². The van der Waals surface area contributed by atoms with Crippen LogP contribution in [0, 0.1) is 12.8 Å². The van der Waals surface area contributed by atoms with Gasteiger partial charge in [-0.3, -0.25) is 0 Å². The first-order chi connectivity index (χ1) is 8.36. The Morgan fingerprint density at radius 2 is 2.24 bits per heavy atom. The largest absolute Gasteiger partial charge is 0.377 e. The third-order valence-electron chi connectivity index (χ3n) is 3.59. The molecule has 0 aliphatic carbocycles. The monoisotopic (exact) mass is 233 g/mol. The van der Waals surface area contributed by atoms with Crippen molar-refractivity contribution in [3.8, 4) is 0 Å². The van der Waals surface area contributed by atoms with Crippen molar-refractivity contribution in [1.82, 2.24) is 5.32 Å². The second kappa shape index (κ2) is 6.77. The lowest BCUT2D eigenvalue weighted by Gasteiger charge is -2.22. The minimum atomic E-state index is 0.757. The molecule has 0 spiro atoms. The zero-order chi connectivity index (χ0) is 11.9. The molecule has 1 fully saturated rings. The Kier molecular flexibility index (Phi) is 5.02. The van der Waals surface area contributed by atoms with Crippen LogP contribution < -0.4 is 5.32 Å². The lowest BCUT2D eigenvalue weighted by molar-refractivity contribution is 0.103. The number of piperidine rings is 1. The zero-order valence-corrected chi connectivity index (χ0v) is 10.7. The normalized spacial score (nSPS) is 20.4. The molecule has 1 atom stereocenters. The van der Waals surface area contributed by atoms with E-state index in [4.69, 9.17) is 4.74 Å². The maximum absolute atomic E-state index is 5.78. The van der Waals surface area contributed by atoms with Crippen LogP contribution in [0.15, 0.2) is 24.3 Å². The summed E-state index contributed by atoms with van der Waals surface area (Å²) < 4.78 is 5.78. The Hall–Kier alpha value is -0.860. The minimum absolute atomic E-state index is 0.757. The summed E-state index contributed by atoms with van der Waals surface area (Å²) in [5.41, 5.74) is 2.64. The first-order valence-electron chi connectivity index (χ1n) is 6.69. The predicted molar refractivity (Wildman–Crippen MR) is 71.0 cm³/mol. The average Bonchev–Trinajstić information content (AvgIpc) is 2.38. The van der Waals surface area contributed by atoms with E-state index < -0.39 is 0 Å². The standard InChI is InChI=1S/C15H23NO/c1-13-5-2-3-7-15(13)12-17-10-8-14-6-4-9-16-11-14/h2-3,5,7,14,16H,4,6,8-12H2,1H3/t14-/m0/s1. The van der Waals surface area contributed by atoms with Crippen molar-refractivity contribution in [2.45, 2.75) is 32.8 Å². The van der Waals surface area contributed by atoms with Gasteiger partial charge in [0, 0.05) is 6.61 Å². The fraction of sp³-hybridized carbons (Fsp3) is 0.600. The number of benzene rings is 1. The van der Waals surface area contributed by atoms with Crippen LogP contribution in [0.3, 0.4) is 0 Å². The summed E-state index contributed by atoms with van der Waals surface area (Å²) in [6, 6.07) is 8.45. The highest BCUT2D eigenvalue weighted by Crippen LogP contribution is 2.14. The van der Waals surface area contributed by atoms with Gasteiger partial charge in [-0.05, 0) is 56.3 Å². The molecule has 2 heteroatoms. The molecule has 0 amide bonds. The molecule has 2 nitrogen and oxygen atoms in total. The van der Waals surface area contributed by atoms with Crippen molar-refractivity contribution >= 4 is 0 Å². The molecule has 0 saturated carbocycles. The molecule has 1 N–H and O–H groups in total. The van der Waals surface area contributed by atoms with E-state index in [1.807, 2.05) is 0 Å². The second-order valence-electron chi connectivity index (χ2n) is 4.98. The average molecular weight is 233 g/mol. The maximum atomic E-state index is 5.78. The van der Waals surface area contributed by atoms with Gasteiger partial charge in [-0.2, -0.15) is 0 Å². The number of aryl methyl sites for hydroxylation is 1. The van der Waals surface area contributed by atoms with Gasteiger partial charge >= 0.3 is 0 Å². The summed E-state index contributed by atoms with van der Waals surface area (Å²) in [7, 11) is 0. The smallest absolute Gasteiger partial charge is 0.0719 e. The number of nitrogens with one attached hydrogen (secondary N) is 1. The molecular weight excluding hydrogens is 210 g/mol. The van der Waals surface area contributed by atoms with Gasteiger partial charge in [-0.15, -0.1) is 0 Å². The Morgan fingerprint density at radius 1 is 1.35 bits per heavy atom. The third-order valence-corrected chi connectivity index (χ3v) is 3.59. The van der Waals surface area contributed by atoms with Crippen LogP contribution in [0.4, 0.5) is 0 Å². The Labute approximate surface area is 104 Å². The fourth-order valence-corrected chi connectivity index (χ4v) is 2.37. The van der Waals surface area contributed by atoms with E-state index in [2.05, 4.69) is 36.5 Å². The van der Waals surface area contributed by atoms with Gasteiger partial charge < -0.3 is 10.1 Å². The van der Waals surface area contributed by atoms with E-state index in [1.54, 1.807) is 0 Å². The molecule has 1 heterocycles. The summed E-state index contributed by atoms with van der Waals surface area (Å²) in [6.07, 6.45) is 3.88. The molecule has 17 heavy (non-hydrogen) atoms. The van der Waals surface area contributed by atoms with Crippen molar-refractivity contribution in [2.75, 3.05) is 19.7 Å². The van der Waals surface area contributed by atoms with Crippen molar-refractivity contribution in [2.24, 2.45) is 5.92 Å². The first kappa shape index (κ1) is 12.6. The van der Waals surface area contributed by atoms with E-state index in [0.29, 0.717) is 0 Å². The Bertz CT molecular complexity index is 331. The van der Waals surface area contributed by atoms with Crippen molar-refractivity contribution in [3.05, 3.63) is 35.4 Å². The van der Waals surface area contributed by atoms with Gasteiger partial charge in [0.1, 0.15) is 0 Å². The molecular formula is C15H23NO. The molecule has 2 rings (SSSR count). The number of ether oxygens (including phenoxy) is 1. The second-order valence-corrected chi connectivity index (χ2v) is 4.98. The lowest BCUT2D eigenvalue weighted by Crippen LogP contribution is -2.30. The van der Waals surface area contributed by atoms with E-state index >= 15 is 0 Å². The highest BCUT2D eigenvalue weighted by atomic mass is 16.5. The van der Waals surface area contributed by atoms with Gasteiger partial charge in [0.05, 0.1) is 6.61 Å². The third kappa shape index (κ3) is 4.14. The predicted octanol–water partition coefficient (Wildman–Crippen LogP) is 2.90. The van der Waals surface area contributed by atoms with Crippen LogP contribution >= 0.6 is 0 Å². The van der Waals surface area contributed by atoms with E-state index in [0.717, 1.165) is 19.1 Å². The van der Waals surface area contributed by atoms with Gasteiger partial charge in [-0.25, -0.2) is 0 Å².